The number of rotatable bonds is 5. The van der Waals surface area contributed by atoms with Crippen LogP contribution in [0.25, 0.3) is 0 Å². The Balaban J connectivity index is 2.12. The molecule has 1 fully saturated rings. The van der Waals surface area contributed by atoms with E-state index < -0.39 is 0 Å². The molecule has 1 atom stereocenters. The lowest BCUT2D eigenvalue weighted by atomic mass is 10.0. The predicted octanol–water partition coefficient (Wildman–Crippen LogP) is -0.229. The molecule has 0 radical (unpaired) electrons. The number of piperidine rings is 1. The summed E-state index contributed by atoms with van der Waals surface area (Å²) in [5.74, 6) is 0.00315. The van der Waals surface area contributed by atoms with E-state index in [2.05, 4.69) is 16.0 Å². The first kappa shape index (κ1) is 13.0. The summed E-state index contributed by atoms with van der Waals surface area (Å²) in [6.07, 6.45) is 3.49. The monoisotopic (exact) mass is 227 g/mol. The van der Waals surface area contributed by atoms with Crippen LogP contribution in [-0.2, 0) is 9.59 Å². The zero-order valence-electron chi connectivity index (χ0n) is 9.84. The Morgan fingerprint density at radius 1 is 1.31 bits per heavy atom. The van der Waals surface area contributed by atoms with Gasteiger partial charge in [0.25, 0.3) is 0 Å². The van der Waals surface area contributed by atoms with Crippen LogP contribution in [0.2, 0.25) is 0 Å². The molecule has 0 unspecified atom stereocenters. The quantitative estimate of drug-likeness (QED) is 0.607. The van der Waals surface area contributed by atoms with Gasteiger partial charge in [-0.25, -0.2) is 0 Å². The normalized spacial score (nSPS) is 20.2. The Morgan fingerprint density at radius 2 is 2.12 bits per heavy atom. The molecule has 16 heavy (non-hydrogen) atoms. The van der Waals surface area contributed by atoms with E-state index in [0.717, 1.165) is 25.8 Å². The highest BCUT2D eigenvalue weighted by atomic mass is 16.2. The Bertz CT molecular complexity index is 237. The number of nitrogens with one attached hydrogen (secondary N) is 3. The van der Waals surface area contributed by atoms with Gasteiger partial charge in [0.05, 0.1) is 6.04 Å². The molecular formula is C11H21N3O2. The lowest BCUT2D eigenvalue weighted by Gasteiger charge is -2.22. The third-order valence-electron chi connectivity index (χ3n) is 2.65. The summed E-state index contributed by atoms with van der Waals surface area (Å²) in [6.45, 7) is 3.84. The van der Waals surface area contributed by atoms with Crippen LogP contribution in [0.4, 0.5) is 0 Å². The van der Waals surface area contributed by atoms with Gasteiger partial charge in [0.15, 0.2) is 0 Å². The molecule has 2 amide bonds. The molecule has 1 saturated heterocycles. The Labute approximate surface area is 96.4 Å². The molecule has 92 valence electrons. The van der Waals surface area contributed by atoms with Crippen molar-refractivity contribution >= 4 is 11.8 Å². The van der Waals surface area contributed by atoms with Crippen molar-refractivity contribution in [3.05, 3.63) is 0 Å². The largest absolute Gasteiger partial charge is 0.356 e. The van der Waals surface area contributed by atoms with Gasteiger partial charge >= 0.3 is 0 Å². The Hall–Kier alpha value is -1.10. The molecule has 5 nitrogen and oxygen atoms in total. The fourth-order valence-electron chi connectivity index (χ4n) is 1.78. The van der Waals surface area contributed by atoms with Crippen molar-refractivity contribution in [1.82, 2.24) is 16.0 Å². The minimum absolute atomic E-state index is 0.0144. The van der Waals surface area contributed by atoms with Crippen molar-refractivity contribution in [3.63, 3.8) is 0 Å². The molecule has 0 spiro atoms. The molecule has 3 N–H and O–H groups in total. The second-order valence-electron chi connectivity index (χ2n) is 4.00. The highest BCUT2D eigenvalue weighted by molar-refractivity contribution is 5.82. The molecule has 1 aliphatic heterocycles. The van der Waals surface area contributed by atoms with Gasteiger partial charge in [-0.3, -0.25) is 9.59 Å². The summed E-state index contributed by atoms with van der Waals surface area (Å²) in [5.41, 5.74) is 0. The average molecular weight is 227 g/mol. The lowest BCUT2D eigenvalue weighted by molar-refractivity contribution is -0.124. The van der Waals surface area contributed by atoms with E-state index in [0.29, 0.717) is 19.5 Å². The van der Waals surface area contributed by atoms with Crippen LogP contribution in [0, 0.1) is 0 Å². The zero-order valence-corrected chi connectivity index (χ0v) is 9.84. The van der Waals surface area contributed by atoms with E-state index in [9.17, 15) is 9.59 Å². The summed E-state index contributed by atoms with van der Waals surface area (Å²) in [5, 5.41) is 8.64. The molecule has 0 aromatic rings. The van der Waals surface area contributed by atoms with Gasteiger partial charge in [0.2, 0.25) is 11.8 Å². The van der Waals surface area contributed by atoms with Gasteiger partial charge < -0.3 is 16.0 Å². The molecule has 0 bridgehead atoms. The second-order valence-corrected chi connectivity index (χ2v) is 4.00. The van der Waals surface area contributed by atoms with Gasteiger partial charge in [-0.05, 0) is 26.3 Å². The van der Waals surface area contributed by atoms with Crippen LogP contribution in [0.1, 0.15) is 32.6 Å². The standard InChI is InChI=1S/C11H21N3O2/c1-2-12-10(15)6-8-14-11(16)9-5-3-4-7-13-9/h9,13H,2-8H2,1H3,(H,12,15)(H,14,16)/t9-/m1/s1. The number of carbonyl (C=O) groups excluding carboxylic acids is 2. The molecule has 1 rings (SSSR count). The van der Waals surface area contributed by atoms with Gasteiger partial charge in [-0.15, -0.1) is 0 Å². The first-order chi connectivity index (χ1) is 7.74. The molecule has 5 heteroatoms. The van der Waals surface area contributed by atoms with Crippen LogP contribution in [-0.4, -0.2) is 37.5 Å². The van der Waals surface area contributed by atoms with Crippen LogP contribution in [0.5, 0.6) is 0 Å². The van der Waals surface area contributed by atoms with Crippen LogP contribution >= 0.6 is 0 Å². The zero-order chi connectivity index (χ0) is 11.8. The van der Waals surface area contributed by atoms with E-state index in [1.807, 2.05) is 6.92 Å². The Kier molecular flexibility index (Phi) is 5.85. The predicted molar refractivity (Wildman–Crippen MR) is 62.0 cm³/mol. The van der Waals surface area contributed by atoms with Crippen molar-refractivity contribution in [3.8, 4) is 0 Å². The minimum Gasteiger partial charge on any atom is -0.356 e. The van der Waals surface area contributed by atoms with E-state index in [1.54, 1.807) is 0 Å². The average Bonchev–Trinajstić information content (AvgIpc) is 2.30. The number of carbonyl (C=O) groups is 2. The second kappa shape index (κ2) is 7.22. The fraction of sp³-hybridized carbons (Fsp3) is 0.818. The molecular weight excluding hydrogens is 206 g/mol. The SMILES string of the molecule is CCNC(=O)CCNC(=O)[C@H]1CCCCN1. The lowest BCUT2D eigenvalue weighted by Crippen LogP contribution is -2.47. The maximum absolute atomic E-state index is 11.6. The highest BCUT2D eigenvalue weighted by Gasteiger charge is 2.19. The van der Waals surface area contributed by atoms with Crippen LogP contribution in [0.3, 0.4) is 0 Å². The summed E-state index contributed by atoms with van der Waals surface area (Å²) in [6, 6.07) is -0.0667. The molecule has 0 aliphatic carbocycles. The van der Waals surface area contributed by atoms with Gasteiger partial charge in [0, 0.05) is 19.5 Å². The van der Waals surface area contributed by atoms with E-state index in [1.165, 1.54) is 0 Å². The molecule has 0 aromatic heterocycles. The van der Waals surface area contributed by atoms with Crippen LogP contribution in [0.15, 0.2) is 0 Å². The fourth-order valence-corrected chi connectivity index (χ4v) is 1.78. The number of amides is 2. The van der Waals surface area contributed by atoms with Crippen molar-refractivity contribution < 1.29 is 9.59 Å². The van der Waals surface area contributed by atoms with Crippen molar-refractivity contribution in [2.45, 2.75) is 38.6 Å². The maximum Gasteiger partial charge on any atom is 0.237 e. The Morgan fingerprint density at radius 3 is 2.75 bits per heavy atom. The molecule has 1 aliphatic rings. The van der Waals surface area contributed by atoms with Crippen molar-refractivity contribution in [1.29, 1.82) is 0 Å². The van der Waals surface area contributed by atoms with Gasteiger partial charge in [-0.1, -0.05) is 6.42 Å². The van der Waals surface area contributed by atoms with Crippen molar-refractivity contribution in [2.24, 2.45) is 0 Å². The van der Waals surface area contributed by atoms with E-state index in [-0.39, 0.29) is 17.9 Å². The minimum atomic E-state index is -0.0667. The summed E-state index contributed by atoms with van der Waals surface area (Å²) >= 11 is 0. The van der Waals surface area contributed by atoms with E-state index >= 15 is 0 Å². The maximum atomic E-state index is 11.6. The first-order valence-electron chi connectivity index (χ1n) is 6.02. The summed E-state index contributed by atoms with van der Waals surface area (Å²) in [7, 11) is 0. The molecule has 1 heterocycles. The van der Waals surface area contributed by atoms with Gasteiger partial charge in [-0.2, -0.15) is 0 Å². The molecule has 0 aromatic carbocycles. The summed E-state index contributed by atoms with van der Waals surface area (Å²) < 4.78 is 0. The third-order valence-corrected chi connectivity index (χ3v) is 2.65. The first-order valence-corrected chi connectivity index (χ1v) is 6.02. The topological polar surface area (TPSA) is 70.2 Å². The number of hydrogen-bond acceptors (Lipinski definition) is 3. The van der Waals surface area contributed by atoms with Crippen molar-refractivity contribution in [2.75, 3.05) is 19.6 Å². The molecule has 0 saturated carbocycles. The smallest absolute Gasteiger partial charge is 0.237 e. The highest BCUT2D eigenvalue weighted by Crippen LogP contribution is 2.06. The van der Waals surface area contributed by atoms with Gasteiger partial charge in [0.1, 0.15) is 0 Å². The summed E-state index contributed by atoms with van der Waals surface area (Å²) in [4.78, 5) is 22.8. The third kappa shape index (κ3) is 4.61. The number of hydrogen-bond donors (Lipinski definition) is 3. The van der Waals surface area contributed by atoms with E-state index in [4.69, 9.17) is 0 Å². The van der Waals surface area contributed by atoms with Crippen LogP contribution < -0.4 is 16.0 Å².